The second-order valence-corrected chi connectivity index (χ2v) is 6.54. The van der Waals surface area contributed by atoms with Crippen molar-refractivity contribution in [2.75, 3.05) is 20.0 Å². The van der Waals surface area contributed by atoms with Crippen molar-refractivity contribution in [3.63, 3.8) is 0 Å². The third kappa shape index (κ3) is 3.57. The van der Waals surface area contributed by atoms with Gasteiger partial charge in [0.1, 0.15) is 23.3 Å². The maximum atomic E-state index is 14.5. The highest BCUT2D eigenvalue weighted by atomic mass is 79.9. The van der Waals surface area contributed by atoms with Crippen molar-refractivity contribution in [1.82, 2.24) is 4.98 Å². The molecular formula is C20H15BrFN3O2. The molecule has 0 bridgehead atoms. The monoisotopic (exact) mass is 427 g/mol. The van der Waals surface area contributed by atoms with Gasteiger partial charge in [0.25, 0.3) is 0 Å². The topological polar surface area (TPSA) is 81.2 Å². The molecule has 136 valence electrons. The fourth-order valence-corrected chi connectivity index (χ4v) is 3.08. The number of hydrogen-bond donors (Lipinski definition) is 1. The lowest BCUT2D eigenvalue weighted by Gasteiger charge is -2.13. The molecule has 0 saturated heterocycles. The average Bonchev–Trinajstić information content (AvgIpc) is 2.66. The first kappa shape index (κ1) is 18.7. The summed E-state index contributed by atoms with van der Waals surface area (Å²) in [6, 6.07) is 13.6. The van der Waals surface area contributed by atoms with Gasteiger partial charge in [-0.3, -0.25) is 0 Å². The molecule has 2 N–H and O–H groups in total. The molecular weight excluding hydrogens is 413 g/mol. The first-order chi connectivity index (χ1) is 13.0. The number of benzene rings is 2. The number of nitrogen functional groups attached to an aromatic ring is 1. The van der Waals surface area contributed by atoms with Crippen LogP contribution in [0.15, 0.2) is 46.9 Å². The maximum absolute atomic E-state index is 14.5. The van der Waals surface area contributed by atoms with Gasteiger partial charge in [0, 0.05) is 21.2 Å². The molecule has 0 atom stereocenters. The van der Waals surface area contributed by atoms with Crippen LogP contribution in [0.2, 0.25) is 0 Å². The molecule has 0 radical (unpaired) electrons. The summed E-state index contributed by atoms with van der Waals surface area (Å²) in [6.07, 6.45) is 0. The quantitative estimate of drug-likeness (QED) is 0.647. The zero-order valence-electron chi connectivity index (χ0n) is 14.6. The van der Waals surface area contributed by atoms with Crippen LogP contribution < -0.4 is 15.2 Å². The van der Waals surface area contributed by atoms with E-state index in [-0.39, 0.29) is 16.9 Å². The van der Waals surface area contributed by atoms with Crippen LogP contribution in [0, 0.1) is 17.1 Å². The SMILES string of the molecule is COc1ccc(-c2cc(-c3ccc(Br)cc3F)c(C#N)c(N)n2)cc1OC. The Balaban J connectivity index is 2.23. The summed E-state index contributed by atoms with van der Waals surface area (Å²) in [7, 11) is 3.08. The molecule has 0 spiro atoms. The van der Waals surface area contributed by atoms with E-state index in [0.717, 1.165) is 0 Å². The Bertz CT molecular complexity index is 1060. The summed E-state index contributed by atoms with van der Waals surface area (Å²) in [5, 5.41) is 9.48. The van der Waals surface area contributed by atoms with Crippen molar-refractivity contribution in [3.05, 3.63) is 58.3 Å². The van der Waals surface area contributed by atoms with Gasteiger partial charge < -0.3 is 15.2 Å². The lowest BCUT2D eigenvalue weighted by atomic mass is 9.98. The van der Waals surface area contributed by atoms with Gasteiger partial charge >= 0.3 is 0 Å². The number of hydrogen-bond acceptors (Lipinski definition) is 5. The molecule has 0 aliphatic heterocycles. The predicted molar refractivity (Wildman–Crippen MR) is 105 cm³/mol. The molecule has 3 rings (SSSR count). The lowest BCUT2D eigenvalue weighted by Crippen LogP contribution is -2.01. The van der Waals surface area contributed by atoms with Gasteiger partial charge in [-0.15, -0.1) is 0 Å². The van der Waals surface area contributed by atoms with Crippen molar-refractivity contribution in [3.8, 4) is 40.0 Å². The average molecular weight is 428 g/mol. The summed E-state index contributed by atoms with van der Waals surface area (Å²) in [4.78, 5) is 4.31. The van der Waals surface area contributed by atoms with Crippen LogP contribution in [0.1, 0.15) is 5.56 Å². The minimum Gasteiger partial charge on any atom is -0.493 e. The molecule has 0 aliphatic carbocycles. The second kappa shape index (κ2) is 7.64. The van der Waals surface area contributed by atoms with Crippen LogP contribution in [0.4, 0.5) is 10.2 Å². The summed E-state index contributed by atoms with van der Waals surface area (Å²) < 4.78 is 25.7. The van der Waals surface area contributed by atoms with Crippen LogP contribution in [0.25, 0.3) is 22.4 Å². The van der Waals surface area contributed by atoms with Crippen molar-refractivity contribution in [1.29, 1.82) is 5.26 Å². The minimum atomic E-state index is -0.468. The molecule has 5 nitrogen and oxygen atoms in total. The summed E-state index contributed by atoms with van der Waals surface area (Å²) in [5.74, 6) is 0.657. The fraction of sp³-hybridized carbons (Fsp3) is 0.100. The van der Waals surface area contributed by atoms with E-state index in [1.54, 1.807) is 43.5 Å². The van der Waals surface area contributed by atoms with Gasteiger partial charge in [-0.05, 0) is 36.4 Å². The Kier molecular flexibility index (Phi) is 5.28. The molecule has 3 aromatic rings. The molecule has 27 heavy (non-hydrogen) atoms. The molecule has 2 aromatic carbocycles. The van der Waals surface area contributed by atoms with Crippen LogP contribution in [0.5, 0.6) is 11.5 Å². The fourth-order valence-electron chi connectivity index (χ4n) is 2.75. The first-order valence-corrected chi connectivity index (χ1v) is 8.66. The summed E-state index contributed by atoms with van der Waals surface area (Å²) in [5.41, 5.74) is 7.95. The van der Waals surface area contributed by atoms with Crippen molar-refractivity contribution >= 4 is 21.7 Å². The van der Waals surface area contributed by atoms with E-state index in [0.29, 0.717) is 32.8 Å². The van der Waals surface area contributed by atoms with E-state index in [9.17, 15) is 9.65 Å². The Morgan fingerprint density at radius 3 is 2.41 bits per heavy atom. The number of methoxy groups -OCH3 is 2. The van der Waals surface area contributed by atoms with Crippen molar-refractivity contribution in [2.45, 2.75) is 0 Å². The Labute approximate surface area is 164 Å². The van der Waals surface area contributed by atoms with E-state index in [1.807, 2.05) is 6.07 Å². The minimum absolute atomic E-state index is 0.0297. The van der Waals surface area contributed by atoms with Gasteiger partial charge in [0.2, 0.25) is 0 Å². The third-order valence-electron chi connectivity index (χ3n) is 4.06. The van der Waals surface area contributed by atoms with Crippen LogP contribution in [0.3, 0.4) is 0 Å². The van der Waals surface area contributed by atoms with Gasteiger partial charge in [-0.2, -0.15) is 5.26 Å². The summed E-state index contributed by atoms with van der Waals surface area (Å²) >= 11 is 3.23. The number of ether oxygens (including phenoxy) is 2. The lowest BCUT2D eigenvalue weighted by molar-refractivity contribution is 0.355. The molecule has 0 unspecified atom stereocenters. The second-order valence-electron chi connectivity index (χ2n) is 5.62. The number of nitrogens with zero attached hydrogens (tertiary/aromatic N) is 2. The molecule has 0 saturated carbocycles. The van der Waals surface area contributed by atoms with E-state index in [1.165, 1.54) is 13.2 Å². The molecule has 1 aromatic heterocycles. The standard InChI is InChI=1S/C20H15BrFN3O2/c1-26-18-6-3-11(7-19(18)27-2)17-9-14(15(10-23)20(24)25-17)13-5-4-12(21)8-16(13)22/h3-9H,1-2H3,(H2,24,25). The molecule has 0 aliphatic rings. The highest BCUT2D eigenvalue weighted by molar-refractivity contribution is 9.10. The first-order valence-electron chi connectivity index (χ1n) is 7.87. The molecule has 0 fully saturated rings. The van der Waals surface area contributed by atoms with Crippen LogP contribution in [-0.4, -0.2) is 19.2 Å². The number of nitriles is 1. The zero-order chi connectivity index (χ0) is 19.6. The van der Waals surface area contributed by atoms with E-state index < -0.39 is 5.82 Å². The predicted octanol–water partition coefficient (Wildman–Crippen LogP) is 4.79. The largest absolute Gasteiger partial charge is 0.493 e. The Morgan fingerprint density at radius 1 is 1.04 bits per heavy atom. The van der Waals surface area contributed by atoms with Crippen molar-refractivity contribution < 1.29 is 13.9 Å². The van der Waals surface area contributed by atoms with E-state index in [4.69, 9.17) is 15.2 Å². The molecule has 7 heteroatoms. The number of nitrogens with two attached hydrogens (primary N) is 1. The van der Waals surface area contributed by atoms with Crippen LogP contribution >= 0.6 is 15.9 Å². The smallest absolute Gasteiger partial charge is 0.161 e. The van der Waals surface area contributed by atoms with E-state index in [2.05, 4.69) is 20.9 Å². The number of rotatable bonds is 4. The summed E-state index contributed by atoms with van der Waals surface area (Å²) in [6.45, 7) is 0. The molecule has 1 heterocycles. The van der Waals surface area contributed by atoms with Gasteiger partial charge in [0.15, 0.2) is 11.5 Å². The van der Waals surface area contributed by atoms with Gasteiger partial charge in [-0.1, -0.05) is 22.0 Å². The normalized spacial score (nSPS) is 10.3. The number of pyridine rings is 1. The zero-order valence-corrected chi connectivity index (χ0v) is 16.2. The van der Waals surface area contributed by atoms with Gasteiger partial charge in [0.05, 0.1) is 19.9 Å². The van der Waals surface area contributed by atoms with Crippen LogP contribution in [-0.2, 0) is 0 Å². The van der Waals surface area contributed by atoms with Crippen molar-refractivity contribution in [2.24, 2.45) is 0 Å². The highest BCUT2D eigenvalue weighted by Gasteiger charge is 2.17. The van der Waals surface area contributed by atoms with Gasteiger partial charge in [-0.25, -0.2) is 9.37 Å². The maximum Gasteiger partial charge on any atom is 0.161 e. The highest BCUT2D eigenvalue weighted by Crippen LogP contribution is 2.36. The number of aromatic nitrogens is 1. The number of halogens is 2. The third-order valence-corrected chi connectivity index (χ3v) is 4.55. The number of anilines is 1. The Hall–Kier alpha value is -3.11. The van der Waals surface area contributed by atoms with E-state index >= 15 is 0 Å². The Morgan fingerprint density at radius 2 is 1.78 bits per heavy atom. The molecule has 0 amide bonds.